The maximum Gasteiger partial charge on any atom is 0.322 e. The first-order chi connectivity index (χ1) is 14.5. The number of rotatable bonds is 4. The molecule has 10 heteroatoms. The number of halogens is 2. The molecule has 1 unspecified atom stereocenters. The van der Waals surface area contributed by atoms with Crippen LogP contribution in [-0.2, 0) is 0 Å². The van der Waals surface area contributed by atoms with E-state index in [-0.39, 0.29) is 17.1 Å². The van der Waals surface area contributed by atoms with Crippen molar-refractivity contribution in [3.63, 3.8) is 0 Å². The number of aromatic nitrogens is 2. The van der Waals surface area contributed by atoms with Crippen molar-refractivity contribution in [2.75, 3.05) is 17.2 Å². The minimum absolute atomic E-state index is 0.160. The van der Waals surface area contributed by atoms with E-state index in [9.17, 15) is 14.0 Å². The van der Waals surface area contributed by atoms with Crippen molar-refractivity contribution < 1.29 is 14.0 Å². The fourth-order valence-corrected chi connectivity index (χ4v) is 4.50. The van der Waals surface area contributed by atoms with Gasteiger partial charge in [0.1, 0.15) is 10.8 Å². The number of nitrogens with one attached hydrogen (secondary N) is 2. The largest absolute Gasteiger partial charge is 0.322 e. The second-order valence-corrected chi connectivity index (χ2v) is 8.53. The fraction of sp³-hybridized carbons (Fsp3) is 0.200. The zero-order valence-corrected chi connectivity index (χ0v) is 18.0. The third kappa shape index (κ3) is 4.49. The predicted octanol–water partition coefficient (Wildman–Crippen LogP) is 5.06. The van der Waals surface area contributed by atoms with E-state index in [0.29, 0.717) is 22.9 Å². The molecule has 7 nitrogen and oxygen atoms in total. The molecule has 0 saturated carbocycles. The number of likely N-dealkylation sites (tertiary alicyclic amines) is 1. The van der Waals surface area contributed by atoms with Crippen molar-refractivity contribution in [3.05, 3.63) is 68.8 Å². The number of carbonyl (C=O) groups excluding carboxylic acids is 2. The number of nitrogens with zero attached hydrogens (tertiary/aromatic N) is 3. The Labute approximate surface area is 184 Å². The van der Waals surface area contributed by atoms with Gasteiger partial charge in [0.25, 0.3) is 5.91 Å². The van der Waals surface area contributed by atoms with E-state index >= 15 is 0 Å². The van der Waals surface area contributed by atoms with Gasteiger partial charge < -0.3 is 15.5 Å². The van der Waals surface area contributed by atoms with Crippen LogP contribution < -0.4 is 10.6 Å². The van der Waals surface area contributed by atoms with Gasteiger partial charge in [-0.15, -0.1) is 10.2 Å². The smallest absolute Gasteiger partial charge is 0.320 e. The molecular formula is C20H17BrFN5O2S. The maximum absolute atomic E-state index is 13.3. The molecular weight excluding hydrogens is 473 g/mol. The SMILES string of the molecule is O=C(Nc1cccc(F)c1)c1nnc(C2CCCN2C(=O)Nc2ccccc2Br)s1. The Balaban J connectivity index is 1.46. The Kier molecular flexibility index (Phi) is 6.05. The van der Waals surface area contributed by atoms with Gasteiger partial charge in [-0.25, -0.2) is 9.18 Å². The summed E-state index contributed by atoms with van der Waals surface area (Å²) in [4.78, 5) is 26.9. The number of hydrogen-bond acceptors (Lipinski definition) is 5. The zero-order chi connectivity index (χ0) is 21.1. The molecule has 0 aliphatic carbocycles. The summed E-state index contributed by atoms with van der Waals surface area (Å²) in [6, 6.07) is 12.5. The Morgan fingerprint density at radius 1 is 1.13 bits per heavy atom. The fourth-order valence-electron chi connectivity index (χ4n) is 3.23. The Hall–Kier alpha value is -2.85. The van der Waals surface area contributed by atoms with Gasteiger partial charge in [-0.2, -0.15) is 0 Å². The van der Waals surface area contributed by atoms with Gasteiger partial charge in [-0.3, -0.25) is 4.79 Å². The molecule has 154 valence electrons. The molecule has 1 aromatic heterocycles. The summed E-state index contributed by atoms with van der Waals surface area (Å²) in [5.41, 5.74) is 1.02. The van der Waals surface area contributed by atoms with E-state index in [1.165, 1.54) is 18.2 Å². The lowest BCUT2D eigenvalue weighted by Crippen LogP contribution is -2.34. The van der Waals surface area contributed by atoms with Crippen molar-refractivity contribution >= 4 is 50.6 Å². The summed E-state index contributed by atoms with van der Waals surface area (Å²) in [6.07, 6.45) is 1.57. The maximum atomic E-state index is 13.3. The first-order valence-electron chi connectivity index (χ1n) is 9.24. The first kappa shape index (κ1) is 20.4. The highest BCUT2D eigenvalue weighted by atomic mass is 79.9. The molecule has 0 radical (unpaired) electrons. The van der Waals surface area contributed by atoms with Crippen LogP contribution in [0.25, 0.3) is 0 Å². The summed E-state index contributed by atoms with van der Waals surface area (Å²) in [7, 11) is 0. The molecule has 2 heterocycles. The van der Waals surface area contributed by atoms with Crippen LogP contribution in [-0.4, -0.2) is 33.6 Å². The average molecular weight is 490 g/mol. The van der Waals surface area contributed by atoms with E-state index in [1.54, 1.807) is 11.0 Å². The molecule has 30 heavy (non-hydrogen) atoms. The van der Waals surface area contributed by atoms with Gasteiger partial charge in [-0.1, -0.05) is 29.5 Å². The molecule has 3 aromatic rings. The van der Waals surface area contributed by atoms with Gasteiger partial charge in [0.15, 0.2) is 0 Å². The van der Waals surface area contributed by atoms with Crippen LogP contribution in [0.2, 0.25) is 0 Å². The summed E-state index contributed by atoms with van der Waals surface area (Å²) < 4.78 is 14.1. The second-order valence-electron chi connectivity index (χ2n) is 6.67. The minimum Gasteiger partial charge on any atom is -0.320 e. The van der Waals surface area contributed by atoms with E-state index in [1.807, 2.05) is 24.3 Å². The van der Waals surface area contributed by atoms with Crippen LogP contribution in [0.5, 0.6) is 0 Å². The number of hydrogen-bond donors (Lipinski definition) is 2. The van der Waals surface area contributed by atoms with Gasteiger partial charge in [0.05, 0.1) is 11.7 Å². The van der Waals surface area contributed by atoms with Crippen LogP contribution in [0.4, 0.5) is 20.6 Å². The Bertz CT molecular complexity index is 1090. The topological polar surface area (TPSA) is 87.2 Å². The van der Waals surface area contributed by atoms with Gasteiger partial charge in [0.2, 0.25) is 5.01 Å². The molecule has 1 aliphatic rings. The summed E-state index contributed by atoms with van der Waals surface area (Å²) in [5, 5.41) is 14.4. The van der Waals surface area contributed by atoms with Crippen molar-refractivity contribution in [3.8, 4) is 0 Å². The minimum atomic E-state index is -0.466. The van der Waals surface area contributed by atoms with Gasteiger partial charge in [0, 0.05) is 16.7 Å². The first-order valence-corrected chi connectivity index (χ1v) is 10.8. The van der Waals surface area contributed by atoms with Crippen LogP contribution in [0, 0.1) is 5.82 Å². The molecule has 1 atom stereocenters. The van der Waals surface area contributed by atoms with E-state index < -0.39 is 11.7 Å². The monoisotopic (exact) mass is 489 g/mol. The molecule has 4 rings (SSSR count). The standard InChI is InChI=1S/C20H17BrFN5O2S/c21-14-7-1-2-8-15(14)24-20(29)27-10-4-9-16(27)18-25-26-19(30-18)17(28)23-13-6-3-5-12(22)11-13/h1-3,5-8,11,16H,4,9-10H2,(H,23,28)(H,24,29). The number of benzene rings is 2. The number of urea groups is 1. The van der Waals surface area contributed by atoms with Crippen LogP contribution >= 0.6 is 27.3 Å². The highest BCUT2D eigenvalue weighted by Crippen LogP contribution is 2.34. The Morgan fingerprint density at radius 2 is 1.97 bits per heavy atom. The van der Waals surface area contributed by atoms with E-state index in [2.05, 4.69) is 36.8 Å². The van der Waals surface area contributed by atoms with Crippen molar-refractivity contribution in [2.24, 2.45) is 0 Å². The van der Waals surface area contributed by atoms with Crippen LogP contribution in [0.3, 0.4) is 0 Å². The highest BCUT2D eigenvalue weighted by Gasteiger charge is 2.33. The van der Waals surface area contributed by atoms with Crippen molar-refractivity contribution in [1.82, 2.24) is 15.1 Å². The summed E-state index contributed by atoms with van der Waals surface area (Å²) in [5.74, 6) is -0.907. The predicted molar refractivity (Wildman–Crippen MR) is 116 cm³/mol. The van der Waals surface area contributed by atoms with Crippen molar-refractivity contribution in [1.29, 1.82) is 0 Å². The lowest BCUT2D eigenvalue weighted by atomic mass is 10.2. The molecule has 1 aliphatic heterocycles. The number of carbonyl (C=O) groups is 2. The number of amides is 3. The summed E-state index contributed by atoms with van der Waals surface area (Å²) in [6.45, 7) is 0.589. The molecule has 1 saturated heterocycles. The van der Waals surface area contributed by atoms with E-state index in [0.717, 1.165) is 28.7 Å². The van der Waals surface area contributed by atoms with Crippen LogP contribution in [0.15, 0.2) is 53.0 Å². The van der Waals surface area contributed by atoms with E-state index in [4.69, 9.17) is 0 Å². The van der Waals surface area contributed by atoms with Gasteiger partial charge in [-0.05, 0) is 59.1 Å². The van der Waals surface area contributed by atoms with Gasteiger partial charge >= 0.3 is 6.03 Å². The molecule has 2 N–H and O–H groups in total. The average Bonchev–Trinajstić information content (AvgIpc) is 3.39. The quantitative estimate of drug-likeness (QED) is 0.535. The third-order valence-electron chi connectivity index (χ3n) is 4.63. The number of anilines is 2. The number of para-hydroxylation sites is 1. The lowest BCUT2D eigenvalue weighted by molar-refractivity contribution is 0.102. The van der Waals surface area contributed by atoms with Crippen molar-refractivity contribution in [2.45, 2.75) is 18.9 Å². The molecule has 0 spiro atoms. The second kappa shape index (κ2) is 8.88. The molecule has 3 amide bonds. The molecule has 1 fully saturated rings. The third-order valence-corrected chi connectivity index (χ3v) is 6.35. The highest BCUT2D eigenvalue weighted by molar-refractivity contribution is 9.10. The van der Waals surface area contributed by atoms with Crippen LogP contribution in [0.1, 0.15) is 33.7 Å². The lowest BCUT2D eigenvalue weighted by Gasteiger charge is -2.23. The Morgan fingerprint density at radius 3 is 2.77 bits per heavy atom. The molecule has 2 aromatic carbocycles. The summed E-state index contributed by atoms with van der Waals surface area (Å²) >= 11 is 4.56. The molecule has 0 bridgehead atoms. The zero-order valence-electron chi connectivity index (χ0n) is 15.6. The normalized spacial score (nSPS) is 15.8.